The summed E-state index contributed by atoms with van der Waals surface area (Å²) in [4.78, 5) is 22.6. The van der Waals surface area contributed by atoms with Gasteiger partial charge in [0, 0.05) is 36.7 Å². The van der Waals surface area contributed by atoms with E-state index in [1.165, 1.54) is 5.56 Å². The first-order chi connectivity index (χ1) is 13.4. The summed E-state index contributed by atoms with van der Waals surface area (Å²) in [7, 11) is 0. The molecule has 0 spiro atoms. The number of hydrogen-bond acceptors (Lipinski definition) is 5. The summed E-state index contributed by atoms with van der Waals surface area (Å²) in [6.07, 6.45) is 3.39. The Morgan fingerprint density at radius 2 is 1.93 bits per heavy atom. The number of amides is 2. The van der Waals surface area contributed by atoms with Crippen LogP contribution in [0.15, 0.2) is 53.3 Å². The van der Waals surface area contributed by atoms with E-state index in [2.05, 4.69) is 41.2 Å². The highest BCUT2D eigenvalue weighted by Gasteiger charge is 2.35. The maximum atomic E-state index is 12.4. The van der Waals surface area contributed by atoms with E-state index in [0.717, 1.165) is 11.3 Å². The highest BCUT2D eigenvalue weighted by Crippen LogP contribution is 2.28. The number of rotatable bonds is 3. The predicted molar refractivity (Wildman–Crippen MR) is 106 cm³/mol. The van der Waals surface area contributed by atoms with Crippen molar-refractivity contribution in [2.45, 2.75) is 32.1 Å². The maximum Gasteiger partial charge on any atom is 0.321 e. The Hall–Kier alpha value is -3.22. The quantitative estimate of drug-likeness (QED) is 0.744. The number of aromatic nitrogens is 3. The summed E-state index contributed by atoms with van der Waals surface area (Å²) in [6.45, 7) is 7.61. The average Bonchev–Trinajstić information content (AvgIpc) is 3.10. The zero-order valence-corrected chi connectivity index (χ0v) is 16.2. The Labute approximate surface area is 163 Å². The minimum absolute atomic E-state index is 0.0620. The molecule has 1 aromatic carbocycles. The molecule has 1 aliphatic heterocycles. The van der Waals surface area contributed by atoms with Crippen LogP contribution in [0.5, 0.6) is 0 Å². The van der Waals surface area contributed by atoms with Crippen molar-refractivity contribution in [1.29, 1.82) is 0 Å². The van der Waals surface area contributed by atoms with Crippen LogP contribution in [0, 0.1) is 0 Å². The van der Waals surface area contributed by atoms with E-state index in [4.69, 9.17) is 4.52 Å². The van der Waals surface area contributed by atoms with Gasteiger partial charge in [0.15, 0.2) is 0 Å². The molecular weight excluding hydrogens is 354 g/mol. The van der Waals surface area contributed by atoms with Crippen molar-refractivity contribution in [3.8, 4) is 11.4 Å². The van der Waals surface area contributed by atoms with Gasteiger partial charge < -0.3 is 14.7 Å². The summed E-state index contributed by atoms with van der Waals surface area (Å²) in [5.41, 5.74) is 2.92. The number of carbonyl (C=O) groups excluding carboxylic acids is 1. The third-order valence-electron chi connectivity index (χ3n) is 4.88. The zero-order chi connectivity index (χ0) is 19.7. The van der Waals surface area contributed by atoms with Crippen LogP contribution in [-0.4, -0.2) is 39.1 Å². The standard InChI is InChI=1S/C21H23N5O2/c1-21(2,3)16-6-8-17(9-7-16)23-20(27)26-12-15(13-26)19-24-18(25-28-19)14-5-4-10-22-11-14/h4-11,15H,12-13H2,1-3H3,(H,23,27). The molecule has 7 nitrogen and oxygen atoms in total. The van der Waals surface area contributed by atoms with E-state index in [-0.39, 0.29) is 17.4 Å². The summed E-state index contributed by atoms with van der Waals surface area (Å²) in [6, 6.07) is 11.6. The SMILES string of the molecule is CC(C)(C)c1ccc(NC(=O)N2CC(c3nc(-c4cccnc4)no3)C2)cc1. The summed E-state index contributed by atoms with van der Waals surface area (Å²) in [5, 5.41) is 6.95. The molecule has 1 aliphatic rings. The van der Waals surface area contributed by atoms with E-state index in [1.54, 1.807) is 17.3 Å². The lowest BCUT2D eigenvalue weighted by Crippen LogP contribution is -2.50. The van der Waals surface area contributed by atoms with Crippen molar-refractivity contribution in [3.05, 3.63) is 60.2 Å². The van der Waals surface area contributed by atoms with Gasteiger partial charge in [0.05, 0.1) is 5.92 Å². The Kier molecular flexibility index (Phi) is 4.58. The van der Waals surface area contributed by atoms with Gasteiger partial charge in [-0.2, -0.15) is 4.98 Å². The molecule has 28 heavy (non-hydrogen) atoms. The molecule has 144 valence electrons. The van der Waals surface area contributed by atoms with Crippen LogP contribution in [0.3, 0.4) is 0 Å². The fraction of sp³-hybridized carbons (Fsp3) is 0.333. The minimum atomic E-state index is -0.119. The fourth-order valence-electron chi connectivity index (χ4n) is 3.07. The molecule has 1 N–H and O–H groups in total. The van der Waals surface area contributed by atoms with Crippen LogP contribution in [0.25, 0.3) is 11.4 Å². The average molecular weight is 377 g/mol. The Bertz CT molecular complexity index is 954. The molecule has 2 amide bonds. The van der Waals surface area contributed by atoms with Crippen molar-refractivity contribution in [1.82, 2.24) is 20.0 Å². The monoisotopic (exact) mass is 377 g/mol. The topological polar surface area (TPSA) is 84.2 Å². The van der Waals surface area contributed by atoms with Crippen molar-refractivity contribution < 1.29 is 9.32 Å². The third-order valence-corrected chi connectivity index (χ3v) is 4.88. The van der Waals surface area contributed by atoms with Gasteiger partial charge in [-0.05, 0) is 35.2 Å². The molecule has 0 unspecified atom stereocenters. The van der Waals surface area contributed by atoms with Gasteiger partial charge in [0.2, 0.25) is 11.7 Å². The van der Waals surface area contributed by atoms with Crippen LogP contribution in [0.4, 0.5) is 10.5 Å². The second-order valence-corrected chi connectivity index (χ2v) is 8.06. The molecule has 0 bridgehead atoms. The van der Waals surface area contributed by atoms with Crippen LogP contribution < -0.4 is 5.32 Å². The minimum Gasteiger partial charge on any atom is -0.339 e. The van der Waals surface area contributed by atoms with Crippen LogP contribution in [0.2, 0.25) is 0 Å². The van der Waals surface area contributed by atoms with Crippen molar-refractivity contribution in [3.63, 3.8) is 0 Å². The fourth-order valence-corrected chi connectivity index (χ4v) is 3.07. The van der Waals surface area contributed by atoms with Gasteiger partial charge in [0.25, 0.3) is 0 Å². The van der Waals surface area contributed by atoms with E-state index < -0.39 is 0 Å². The van der Waals surface area contributed by atoms with Crippen molar-refractivity contribution in [2.24, 2.45) is 0 Å². The molecule has 7 heteroatoms. The molecule has 0 aliphatic carbocycles. The maximum absolute atomic E-state index is 12.4. The summed E-state index contributed by atoms with van der Waals surface area (Å²) < 4.78 is 5.37. The third kappa shape index (κ3) is 3.74. The molecule has 3 aromatic rings. The molecule has 0 saturated carbocycles. The number of nitrogens with zero attached hydrogens (tertiary/aromatic N) is 4. The Balaban J connectivity index is 1.33. The Morgan fingerprint density at radius 3 is 2.57 bits per heavy atom. The number of pyridine rings is 1. The van der Waals surface area contributed by atoms with E-state index in [9.17, 15) is 4.79 Å². The summed E-state index contributed by atoms with van der Waals surface area (Å²) in [5.74, 6) is 1.13. The van der Waals surface area contributed by atoms with Crippen LogP contribution in [-0.2, 0) is 5.41 Å². The van der Waals surface area contributed by atoms with Gasteiger partial charge in [0.1, 0.15) is 0 Å². The largest absolute Gasteiger partial charge is 0.339 e. The molecule has 4 rings (SSSR count). The first-order valence-electron chi connectivity index (χ1n) is 9.30. The van der Waals surface area contributed by atoms with Crippen molar-refractivity contribution in [2.75, 3.05) is 18.4 Å². The number of carbonyl (C=O) groups is 1. The number of nitrogens with one attached hydrogen (secondary N) is 1. The molecule has 0 atom stereocenters. The molecule has 0 radical (unpaired) electrons. The highest BCUT2D eigenvalue weighted by atomic mass is 16.5. The lowest BCUT2D eigenvalue weighted by Gasteiger charge is -2.36. The predicted octanol–water partition coefficient (Wildman–Crippen LogP) is 4.06. The van der Waals surface area contributed by atoms with E-state index in [0.29, 0.717) is 24.8 Å². The molecule has 1 saturated heterocycles. The first-order valence-corrected chi connectivity index (χ1v) is 9.30. The second-order valence-electron chi connectivity index (χ2n) is 8.06. The lowest BCUT2D eigenvalue weighted by molar-refractivity contribution is 0.147. The molecule has 2 aromatic heterocycles. The molecule has 1 fully saturated rings. The zero-order valence-electron chi connectivity index (χ0n) is 16.2. The lowest BCUT2D eigenvalue weighted by atomic mass is 9.87. The van der Waals surface area contributed by atoms with Gasteiger partial charge in [-0.3, -0.25) is 4.98 Å². The molecular formula is C21H23N5O2. The number of anilines is 1. The summed E-state index contributed by atoms with van der Waals surface area (Å²) >= 11 is 0. The van der Waals surface area contributed by atoms with Crippen molar-refractivity contribution >= 4 is 11.7 Å². The second kappa shape index (κ2) is 7.07. The molecule has 3 heterocycles. The van der Waals surface area contributed by atoms with Gasteiger partial charge >= 0.3 is 6.03 Å². The number of likely N-dealkylation sites (tertiary alicyclic amines) is 1. The number of hydrogen-bond donors (Lipinski definition) is 1. The van der Waals surface area contributed by atoms with Gasteiger partial charge in [-0.1, -0.05) is 38.1 Å². The normalized spacial score (nSPS) is 14.6. The van der Waals surface area contributed by atoms with Crippen LogP contribution >= 0.6 is 0 Å². The van der Waals surface area contributed by atoms with Gasteiger partial charge in [-0.15, -0.1) is 0 Å². The van der Waals surface area contributed by atoms with E-state index in [1.807, 2.05) is 36.4 Å². The first kappa shape index (κ1) is 18.2. The highest BCUT2D eigenvalue weighted by molar-refractivity contribution is 5.90. The number of urea groups is 1. The van der Waals surface area contributed by atoms with Crippen LogP contribution in [0.1, 0.15) is 38.1 Å². The smallest absolute Gasteiger partial charge is 0.321 e. The van der Waals surface area contributed by atoms with E-state index >= 15 is 0 Å². The Morgan fingerprint density at radius 1 is 1.18 bits per heavy atom. The number of benzene rings is 1. The van der Waals surface area contributed by atoms with Gasteiger partial charge in [-0.25, -0.2) is 4.79 Å².